The lowest BCUT2D eigenvalue weighted by Gasteiger charge is -2.33. The number of hydrogen-bond donors (Lipinski definition) is 1. The summed E-state index contributed by atoms with van der Waals surface area (Å²) in [5.74, 6) is -0.138. The summed E-state index contributed by atoms with van der Waals surface area (Å²) in [7, 11) is 0. The van der Waals surface area contributed by atoms with E-state index in [4.69, 9.17) is 0 Å². The minimum Gasteiger partial charge on any atom is -0.347 e. The summed E-state index contributed by atoms with van der Waals surface area (Å²) >= 11 is 1.01. The zero-order valence-corrected chi connectivity index (χ0v) is 16.3. The average molecular weight is 362 g/mol. The van der Waals surface area contributed by atoms with Gasteiger partial charge in [0.15, 0.2) is 0 Å². The van der Waals surface area contributed by atoms with Crippen LogP contribution in [0.5, 0.6) is 0 Å². The molecule has 6 heteroatoms. The van der Waals surface area contributed by atoms with E-state index < -0.39 is 0 Å². The molecule has 0 spiro atoms. The van der Waals surface area contributed by atoms with Crippen molar-refractivity contribution in [2.45, 2.75) is 53.1 Å². The summed E-state index contributed by atoms with van der Waals surface area (Å²) in [6, 6.07) is 7.08. The lowest BCUT2D eigenvalue weighted by Crippen LogP contribution is -2.45. The molecule has 0 aromatic heterocycles. The highest BCUT2D eigenvalue weighted by molar-refractivity contribution is 8.14. The molecule has 1 aliphatic rings. The zero-order chi connectivity index (χ0) is 18.8. The van der Waals surface area contributed by atoms with Gasteiger partial charge in [-0.05, 0) is 43.4 Å². The van der Waals surface area contributed by atoms with Gasteiger partial charge < -0.3 is 5.32 Å². The number of hydrogen-bond acceptors (Lipinski definition) is 4. The first-order valence-electron chi connectivity index (χ1n) is 8.35. The van der Waals surface area contributed by atoms with Crippen LogP contribution >= 0.6 is 11.8 Å². The molecule has 0 atom stereocenters. The van der Waals surface area contributed by atoms with E-state index >= 15 is 0 Å². The molecular formula is C19H26N2O3S. The second kappa shape index (κ2) is 7.20. The van der Waals surface area contributed by atoms with Crippen LogP contribution < -0.4 is 5.32 Å². The fourth-order valence-corrected chi connectivity index (χ4v) is 4.00. The van der Waals surface area contributed by atoms with Crippen LogP contribution in [0.25, 0.3) is 0 Å². The van der Waals surface area contributed by atoms with Gasteiger partial charge in [-0.25, -0.2) is 0 Å². The van der Waals surface area contributed by atoms with Gasteiger partial charge in [-0.3, -0.25) is 19.3 Å². The summed E-state index contributed by atoms with van der Waals surface area (Å²) in [5, 5.41) is 2.85. The van der Waals surface area contributed by atoms with E-state index in [9.17, 15) is 14.4 Å². The maximum atomic E-state index is 12.6. The molecule has 0 bridgehead atoms. The molecule has 1 fully saturated rings. The molecule has 0 aliphatic carbocycles. The zero-order valence-electron chi connectivity index (χ0n) is 15.5. The Bertz CT molecular complexity index is 676. The Morgan fingerprint density at radius 1 is 1.20 bits per heavy atom. The van der Waals surface area contributed by atoms with Gasteiger partial charge in [-0.2, -0.15) is 0 Å². The molecule has 2 rings (SSSR count). The molecule has 0 unspecified atom stereocenters. The molecule has 0 saturated carbocycles. The summed E-state index contributed by atoms with van der Waals surface area (Å²) < 4.78 is 0. The third kappa shape index (κ3) is 5.59. The van der Waals surface area contributed by atoms with Crippen LogP contribution in [0.15, 0.2) is 24.3 Å². The maximum absolute atomic E-state index is 12.6. The Kier molecular flexibility index (Phi) is 5.62. The Morgan fingerprint density at radius 3 is 2.44 bits per heavy atom. The van der Waals surface area contributed by atoms with Crippen molar-refractivity contribution in [3.8, 4) is 0 Å². The van der Waals surface area contributed by atoms with Gasteiger partial charge in [-0.15, -0.1) is 0 Å². The number of imide groups is 1. The van der Waals surface area contributed by atoms with Crippen LogP contribution in [0.1, 0.15) is 57.0 Å². The van der Waals surface area contributed by atoms with Crippen LogP contribution in [-0.2, 0) is 11.3 Å². The monoisotopic (exact) mass is 362 g/mol. The van der Waals surface area contributed by atoms with Crippen LogP contribution in [0.2, 0.25) is 0 Å². The summed E-state index contributed by atoms with van der Waals surface area (Å²) in [6.07, 6.45) is 0.847. The lowest BCUT2D eigenvalue weighted by atomic mass is 9.81. The molecular weight excluding hydrogens is 336 g/mol. The van der Waals surface area contributed by atoms with Crippen molar-refractivity contribution in [3.05, 3.63) is 35.4 Å². The molecule has 0 radical (unpaired) electrons. The first-order chi connectivity index (χ1) is 11.5. The highest BCUT2D eigenvalue weighted by Crippen LogP contribution is 2.27. The molecule has 3 amide bonds. The molecule has 5 nitrogen and oxygen atoms in total. The van der Waals surface area contributed by atoms with Crippen molar-refractivity contribution in [2.75, 3.05) is 5.75 Å². The third-order valence-electron chi connectivity index (χ3n) is 3.79. The topological polar surface area (TPSA) is 66.5 Å². The number of rotatable bonds is 5. The standard InChI is InChI=1S/C19H26N2O3S/c1-18(2,3)12-19(4,5)20-16(23)14-8-6-7-13(9-14)10-21-15(22)11-25-17(21)24/h6-9H,10-12H2,1-5H3,(H,20,23). The number of nitrogens with one attached hydrogen (secondary N) is 1. The number of carbonyl (C=O) groups excluding carboxylic acids is 3. The van der Waals surface area contributed by atoms with Gasteiger partial charge in [0.1, 0.15) is 0 Å². The second-order valence-electron chi connectivity index (χ2n) is 8.31. The number of carbonyl (C=O) groups is 3. The van der Waals surface area contributed by atoms with Gasteiger partial charge in [0, 0.05) is 11.1 Å². The minimum atomic E-state index is -0.330. The van der Waals surface area contributed by atoms with E-state index in [0.29, 0.717) is 5.56 Å². The summed E-state index contributed by atoms with van der Waals surface area (Å²) in [5.41, 5.74) is 1.08. The molecule has 1 heterocycles. The molecule has 136 valence electrons. The van der Waals surface area contributed by atoms with Crippen molar-refractivity contribution >= 4 is 28.8 Å². The molecule has 1 aromatic carbocycles. The summed E-state index contributed by atoms with van der Waals surface area (Å²) in [4.78, 5) is 37.3. The van der Waals surface area contributed by atoms with Crippen molar-refractivity contribution < 1.29 is 14.4 Å². The average Bonchev–Trinajstić information content (AvgIpc) is 2.76. The Morgan fingerprint density at radius 2 is 1.88 bits per heavy atom. The minimum absolute atomic E-state index is 0.104. The van der Waals surface area contributed by atoms with Crippen molar-refractivity contribution in [1.29, 1.82) is 0 Å². The van der Waals surface area contributed by atoms with E-state index in [1.165, 1.54) is 4.90 Å². The van der Waals surface area contributed by atoms with Gasteiger partial charge in [-0.1, -0.05) is 44.7 Å². The smallest absolute Gasteiger partial charge is 0.289 e. The fraction of sp³-hybridized carbons (Fsp3) is 0.526. The number of nitrogens with zero attached hydrogens (tertiary/aromatic N) is 1. The van der Waals surface area contributed by atoms with Crippen LogP contribution in [-0.4, -0.2) is 33.2 Å². The molecule has 1 aromatic rings. The molecule has 1 aliphatic heterocycles. The van der Waals surface area contributed by atoms with Crippen molar-refractivity contribution in [1.82, 2.24) is 10.2 Å². The quantitative estimate of drug-likeness (QED) is 0.864. The SMILES string of the molecule is CC(C)(C)CC(C)(C)NC(=O)c1cccc(CN2C(=O)CSC2=O)c1. The van der Waals surface area contributed by atoms with Gasteiger partial charge in [0.25, 0.3) is 11.1 Å². The largest absolute Gasteiger partial charge is 0.347 e. The van der Waals surface area contributed by atoms with Gasteiger partial charge in [0.05, 0.1) is 12.3 Å². The number of benzene rings is 1. The number of thioether (sulfide) groups is 1. The van der Waals surface area contributed by atoms with Crippen LogP contribution in [0.3, 0.4) is 0 Å². The first-order valence-corrected chi connectivity index (χ1v) is 9.34. The van der Waals surface area contributed by atoms with E-state index in [2.05, 4.69) is 26.1 Å². The van der Waals surface area contributed by atoms with Gasteiger partial charge >= 0.3 is 0 Å². The van der Waals surface area contributed by atoms with E-state index in [1.54, 1.807) is 18.2 Å². The van der Waals surface area contributed by atoms with E-state index in [1.807, 2.05) is 19.9 Å². The van der Waals surface area contributed by atoms with Crippen LogP contribution in [0, 0.1) is 5.41 Å². The van der Waals surface area contributed by atoms with Crippen molar-refractivity contribution in [2.24, 2.45) is 5.41 Å². The highest BCUT2D eigenvalue weighted by atomic mass is 32.2. The van der Waals surface area contributed by atoms with Gasteiger partial charge in [0.2, 0.25) is 5.91 Å². The Balaban J connectivity index is 2.09. The molecule has 1 saturated heterocycles. The molecule has 1 N–H and O–H groups in total. The van der Waals surface area contributed by atoms with Crippen molar-refractivity contribution in [3.63, 3.8) is 0 Å². The summed E-state index contributed by atoms with van der Waals surface area (Å²) in [6.45, 7) is 10.7. The fourth-order valence-electron chi connectivity index (χ4n) is 3.28. The Hall–Kier alpha value is -1.82. The first kappa shape index (κ1) is 19.5. The van der Waals surface area contributed by atoms with E-state index in [0.717, 1.165) is 23.7 Å². The predicted octanol–water partition coefficient (Wildman–Crippen LogP) is 3.83. The highest BCUT2D eigenvalue weighted by Gasteiger charge is 2.30. The Labute approximate surface area is 153 Å². The predicted molar refractivity (Wildman–Crippen MR) is 100 cm³/mol. The third-order valence-corrected chi connectivity index (χ3v) is 4.65. The second-order valence-corrected chi connectivity index (χ2v) is 9.24. The van der Waals surface area contributed by atoms with Crippen LogP contribution in [0.4, 0.5) is 4.79 Å². The number of amides is 3. The van der Waals surface area contributed by atoms with E-state index in [-0.39, 0.29) is 40.3 Å². The molecule has 25 heavy (non-hydrogen) atoms. The normalized spacial score (nSPS) is 15.6. The lowest BCUT2D eigenvalue weighted by molar-refractivity contribution is -0.125. The maximum Gasteiger partial charge on any atom is 0.289 e.